The Morgan fingerprint density at radius 1 is 0.926 bits per heavy atom. The van der Waals surface area contributed by atoms with Crippen molar-refractivity contribution in [1.29, 1.82) is 0 Å². The molecule has 0 spiro atoms. The molecule has 1 saturated carbocycles. The number of aliphatic hydroxyl groups excluding tert-OH is 1. The zero-order valence-electron chi connectivity index (χ0n) is 16.0. The van der Waals surface area contributed by atoms with Gasteiger partial charge in [-0.25, -0.2) is 0 Å². The first-order valence-corrected chi connectivity index (χ1v) is 9.78. The molecule has 2 N–H and O–H groups in total. The Kier molecular flexibility index (Phi) is 4.88. The van der Waals surface area contributed by atoms with Crippen LogP contribution in [0.3, 0.4) is 0 Å². The Morgan fingerprint density at radius 3 is 2.30 bits per heavy atom. The molecule has 1 fully saturated rings. The minimum absolute atomic E-state index is 0.168. The number of allylic oxidation sites excluding steroid dienone is 3. The average Bonchev–Trinajstić information content (AvgIpc) is 2.84. The smallest absolute Gasteiger partial charge is 0.173 e. The van der Waals surface area contributed by atoms with Crippen molar-refractivity contribution in [2.24, 2.45) is 0 Å². The van der Waals surface area contributed by atoms with E-state index in [0.717, 1.165) is 90.5 Å². The predicted molar refractivity (Wildman–Crippen MR) is 105 cm³/mol. The lowest BCUT2D eigenvalue weighted by molar-refractivity contribution is 0.287. The molecule has 4 rings (SSSR count). The summed E-state index contributed by atoms with van der Waals surface area (Å²) in [5.74, 6) is 7.51. The number of hydrogen-bond acceptors (Lipinski definition) is 4. The molecule has 0 radical (unpaired) electrons. The summed E-state index contributed by atoms with van der Waals surface area (Å²) in [6.45, 7) is 0. The molecule has 27 heavy (non-hydrogen) atoms. The molecule has 1 aromatic rings. The van der Waals surface area contributed by atoms with E-state index in [9.17, 15) is 10.2 Å². The number of hydrogen-bond donors (Lipinski definition) is 2. The molecule has 0 aromatic heterocycles. The van der Waals surface area contributed by atoms with Crippen LogP contribution in [-0.2, 0) is 17.6 Å². The molecule has 1 aromatic carbocycles. The Bertz CT molecular complexity index is 895. The van der Waals surface area contributed by atoms with Gasteiger partial charge in [0, 0.05) is 22.8 Å². The van der Waals surface area contributed by atoms with Gasteiger partial charge in [0.25, 0.3) is 0 Å². The van der Waals surface area contributed by atoms with Gasteiger partial charge in [0.2, 0.25) is 0 Å². The summed E-state index contributed by atoms with van der Waals surface area (Å²) in [5.41, 5.74) is 5.95. The Labute approximate surface area is 160 Å². The number of phenols is 1. The number of phenolic OH excluding ortho intramolecular Hbond substituents is 1. The first-order chi connectivity index (χ1) is 13.2. The largest absolute Gasteiger partial charge is 0.507 e. The minimum Gasteiger partial charge on any atom is -0.507 e. The average molecular weight is 366 g/mol. The summed E-state index contributed by atoms with van der Waals surface area (Å²) in [4.78, 5) is 0. The van der Waals surface area contributed by atoms with Crippen molar-refractivity contribution in [1.82, 2.24) is 0 Å². The van der Waals surface area contributed by atoms with Crippen molar-refractivity contribution in [3.05, 3.63) is 39.7 Å². The molecule has 0 aliphatic heterocycles. The maximum absolute atomic E-state index is 11.0. The first-order valence-electron chi connectivity index (χ1n) is 9.78. The number of ether oxygens (including phenoxy) is 2. The lowest BCUT2D eigenvalue weighted by Gasteiger charge is -2.28. The van der Waals surface area contributed by atoms with Crippen molar-refractivity contribution in [3.8, 4) is 23.3 Å². The maximum atomic E-state index is 11.0. The van der Waals surface area contributed by atoms with Crippen LogP contribution in [0.5, 0.6) is 11.5 Å². The molecule has 0 amide bonds. The molecule has 1 atom stereocenters. The third-order valence-electron chi connectivity index (χ3n) is 5.95. The Morgan fingerprint density at radius 2 is 1.59 bits per heavy atom. The van der Waals surface area contributed by atoms with Gasteiger partial charge >= 0.3 is 0 Å². The zero-order chi connectivity index (χ0) is 19.0. The number of benzene rings is 1. The monoisotopic (exact) mass is 366 g/mol. The number of fused-ring (bicyclic) bond motifs is 2. The van der Waals surface area contributed by atoms with E-state index in [-0.39, 0.29) is 5.75 Å². The van der Waals surface area contributed by atoms with Crippen LogP contribution in [0.2, 0.25) is 0 Å². The van der Waals surface area contributed by atoms with Gasteiger partial charge in [0.1, 0.15) is 17.6 Å². The standard InChI is InChI=1S/C23H26O4/c1-26-20-12-11-18(24)22(16-9-5-3-7-14(16)20)23-17-10-6-4-8-15(17)21(27-2)13-19(23)25/h13,18,24-25H,3-10H2,1-2H3. The van der Waals surface area contributed by atoms with E-state index in [1.807, 2.05) is 0 Å². The topological polar surface area (TPSA) is 58.9 Å². The number of methoxy groups -OCH3 is 2. The maximum Gasteiger partial charge on any atom is 0.173 e. The summed E-state index contributed by atoms with van der Waals surface area (Å²) >= 11 is 0. The van der Waals surface area contributed by atoms with Gasteiger partial charge in [0.05, 0.1) is 14.2 Å². The third-order valence-corrected chi connectivity index (χ3v) is 5.95. The number of rotatable bonds is 3. The molecule has 142 valence electrons. The molecule has 1 unspecified atom stereocenters. The molecule has 4 nitrogen and oxygen atoms in total. The van der Waals surface area contributed by atoms with Crippen molar-refractivity contribution in [2.45, 2.75) is 57.5 Å². The molecule has 3 aliphatic rings. The number of aliphatic hydroxyl groups is 1. The molecule has 3 aliphatic carbocycles. The SMILES string of the molecule is COC1=C2CCCCC2=C(c2c(O)cc(OC)c3c2CCCC3)C(O)C#C1. The predicted octanol–water partition coefficient (Wildman–Crippen LogP) is 3.89. The van der Waals surface area contributed by atoms with Crippen LogP contribution in [0.4, 0.5) is 0 Å². The fourth-order valence-corrected chi connectivity index (χ4v) is 4.74. The second-order valence-electron chi connectivity index (χ2n) is 7.42. The van der Waals surface area contributed by atoms with Crippen molar-refractivity contribution in [3.63, 3.8) is 0 Å². The van der Waals surface area contributed by atoms with Crippen molar-refractivity contribution < 1.29 is 19.7 Å². The van der Waals surface area contributed by atoms with Crippen LogP contribution >= 0.6 is 0 Å². The fourth-order valence-electron chi connectivity index (χ4n) is 4.74. The number of aromatic hydroxyl groups is 1. The van der Waals surface area contributed by atoms with Crippen LogP contribution < -0.4 is 4.74 Å². The highest BCUT2D eigenvalue weighted by atomic mass is 16.5. The van der Waals surface area contributed by atoms with Gasteiger partial charge < -0.3 is 19.7 Å². The lowest BCUT2D eigenvalue weighted by atomic mass is 9.78. The molecular weight excluding hydrogens is 340 g/mol. The summed E-state index contributed by atoms with van der Waals surface area (Å²) in [7, 11) is 3.28. The molecule has 0 heterocycles. The van der Waals surface area contributed by atoms with Crippen molar-refractivity contribution in [2.75, 3.05) is 14.2 Å². The summed E-state index contributed by atoms with van der Waals surface area (Å²) in [6, 6.07) is 1.70. The second kappa shape index (κ2) is 7.32. The Hall–Kier alpha value is -2.38. The van der Waals surface area contributed by atoms with Crippen LogP contribution in [-0.4, -0.2) is 30.5 Å². The van der Waals surface area contributed by atoms with Gasteiger partial charge in [0.15, 0.2) is 5.76 Å². The second-order valence-corrected chi connectivity index (χ2v) is 7.42. The third kappa shape index (κ3) is 3.00. The van der Waals surface area contributed by atoms with E-state index in [4.69, 9.17) is 9.47 Å². The van der Waals surface area contributed by atoms with Gasteiger partial charge in [-0.05, 0) is 74.0 Å². The molecule has 0 bridgehead atoms. The zero-order valence-corrected chi connectivity index (χ0v) is 16.0. The van der Waals surface area contributed by atoms with Gasteiger partial charge in [-0.3, -0.25) is 0 Å². The summed E-state index contributed by atoms with van der Waals surface area (Å²) in [5, 5.41) is 21.9. The van der Waals surface area contributed by atoms with Crippen LogP contribution in [0, 0.1) is 11.8 Å². The highest BCUT2D eigenvalue weighted by molar-refractivity contribution is 5.85. The minimum atomic E-state index is -0.939. The van der Waals surface area contributed by atoms with E-state index in [2.05, 4.69) is 11.8 Å². The van der Waals surface area contributed by atoms with Gasteiger partial charge in [-0.1, -0.05) is 5.92 Å². The van der Waals surface area contributed by atoms with Gasteiger partial charge in [-0.15, -0.1) is 0 Å². The molecule has 0 saturated heterocycles. The van der Waals surface area contributed by atoms with Gasteiger partial charge in [-0.2, -0.15) is 0 Å². The molecule has 4 heteroatoms. The summed E-state index contributed by atoms with van der Waals surface area (Å²) < 4.78 is 11.1. The molecular formula is C23H26O4. The van der Waals surface area contributed by atoms with Crippen LogP contribution in [0.15, 0.2) is 23.0 Å². The van der Waals surface area contributed by atoms with Crippen LogP contribution in [0.25, 0.3) is 5.57 Å². The van der Waals surface area contributed by atoms with E-state index in [1.165, 1.54) is 0 Å². The van der Waals surface area contributed by atoms with E-state index >= 15 is 0 Å². The van der Waals surface area contributed by atoms with E-state index in [0.29, 0.717) is 5.76 Å². The van der Waals surface area contributed by atoms with Crippen LogP contribution in [0.1, 0.15) is 55.2 Å². The van der Waals surface area contributed by atoms with E-state index < -0.39 is 6.10 Å². The Balaban J connectivity index is 2.01. The quantitative estimate of drug-likeness (QED) is 0.797. The highest BCUT2D eigenvalue weighted by Crippen LogP contribution is 2.46. The first kappa shape index (κ1) is 18.0. The summed E-state index contributed by atoms with van der Waals surface area (Å²) in [6.07, 6.45) is 6.95. The van der Waals surface area contributed by atoms with E-state index in [1.54, 1.807) is 20.3 Å². The normalized spacial score (nSPS) is 21.7. The fraction of sp³-hybridized carbons (Fsp3) is 0.478. The highest BCUT2D eigenvalue weighted by Gasteiger charge is 2.31. The van der Waals surface area contributed by atoms with Crippen molar-refractivity contribution >= 4 is 5.57 Å². The lowest BCUT2D eigenvalue weighted by Crippen LogP contribution is -2.16.